The maximum atomic E-state index is 10.7. The molecule has 0 aliphatic rings. The number of carbonyl (C=O) groups is 1. The van der Waals surface area contributed by atoms with E-state index in [2.05, 4.69) is 19.2 Å². The fraction of sp³-hybridized carbons (Fsp3) is 0.375. The Bertz CT molecular complexity index is 538. The largest absolute Gasteiger partial charge is 0.477 e. The molecular formula is C16H19NO2S. The average molecular weight is 289 g/mol. The van der Waals surface area contributed by atoms with E-state index in [1.54, 1.807) is 23.5 Å². The maximum Gasteiger partial charge on any atom is 0.346 e. The molecule has 0 aromatic carbocycles. The summed E-state index contributed by atoms with van der Waals surface area (Å²) in [5.41, 5.74) is 2.25. The topological polar surface area (TPSA) is 61.1 Å². The molecule has 0 unspecified atom stereocenters. The molecule has 0 aliphatic carbocycles. The molecular weight excluding hydrogens is 270 g/mol. The molecule has 0 spiro atoms. The molecule has 0 aliphatic heterocycles. The van der Waals surface area contributed by atoms with Crippen LogP contribution in [0.4, 0.5) is 0 Å². The zero-order valence-electron chi connectivity index (χ0n) is 11.8. The Hall–Kier alpha value is -1.86. The second-order valence-corrected chi connectivity index (χ2v) is 5.42. The van der Waals surface area contributed by atoms with Crippen LogP contribution in [-0.2, 0) is 17.6 Å². The van der Waals surface area contributed by atoms with Crippen LogP contribution < -0.4 is 0 Å². The lowest BCUT2D eigenvalue weighted by molar-refractivity contribution is -0.132. The number of thiophene rings is 1. The molecule has 4 heteroatoms. The van der Waals surface area contributed by atoms with E-state index in [1.807, 2.05) is 6.08 Å². The third kappa shape index (κ3) is 4.36. The molecule has 0 saturated carbocycles. The summed E-state index contributed by atoms with van der Waals surface area (Å²) >= 11 is 1.76. The number of aryl methyl sites for hydroxylation is 2. The van der Waals surface area contributed by atoms with Crippen molar-refractivity contribution >= 4 is 23.4 Å². The minimum atomic E-state index is -1.19. The van der Waals surface area contributed by atoms with Crippen LogP contribution in [0.15, 0.2) is 23.1 Å². The summed E-state index contributed by atoms with van der Waals surface area (Å²) in [5, 5.41) is 19.7. The van der Waals surface area contributed by atoms with Crippen LogP contribution in [0.3, 0.4) is 0 Å². The fourth-order valence-electron chi connectivity index (χ4n) is 1.93. The first-order valence-electron chi connectivity index (χ1n) is 6.75. The SMILES string of the molecule is CCCc1csc(CCC)c1C=CC=C(C#N)C(=O)O. The zero-order chi connectivity index (χ0) is 15.0. The number of nitrogens with zero attached hydrogens (tertiary/aromatic N) is 1. The molecule has 20 heavy (non-hydrogen) atoms. The summed E-state index contributed by atoms with van der Waals surface area (Å²) < 4.78 is 0. The summed E-state index contributed by atoms with van der Waals surface area (Å²) in [5.74, 6) is -1.19. The first-order valence-corrected chi connectivity index (χ1v) is 7.62. The van der Waals surface area contributed by atoms with Crippen molar-refractivity contribution < 1.29 is 9.90 Å². The van der Waals surface area contributed by atoms with Gasteiger partial charge in [0, 0.05) is 4.88 Å². The highest BCUT2D eigenvalue weighted by molar-refractivity contribution is 7.10. The summed E-state index contributed by atoms with van der Waals surface area (Å²) in [6.07, 6.45) is 9.15. The lowest BCUT2D eigenvalue weighted by atomic mass is 10.0. The van der Waals surface area contributed by atoms with Gasteiger partial charge in [0.2, 0.25) is 0 Å². The molecule has 1 aromatic heterocycles. The second-order valence-electron chi connectivity index (χ2n) is 4.45. The Morgan fingerprint density at radius 1 is 1.40 bits per heavy atom. The molecule has 106 valence electrons. The predicted molar refractivity (Wildman–Crippen MR) is 82.7 cm³/mol. The Labute approximate surface area is 123 Å². The van der Waals surface area contributed by atoms with Gasteiger partial charge >= 0.3 is 5.97 Å². The van der Waals surface area contributed by atoms with Crippen LogP contribution in [0.25, 0.3) is 6.08 Å². The molecule has 0 fully saturated rings. The van der Waals surface area contributed by atoms with Crippen molar-refractivity contribution in [2.24, 2.45) is 0 Å². The maximum absolute atomic E-state index is 10.7. The van der Waals surface area contributed by atoms with E-state index < -0.39 is 5.97 Å². The van der Waals surface area contributed by atoms with E-state index in [0.29, 0.717) is 0 Å². The Balaban J connectivity index is 3.03. The van der Waals surface area contributed by atoms with Gasteiger partial charge in [0.1, 0.15) is 11.6 Å². The van der Waals surface area contributed by atoms with Crippen molar-refractivity contribution in [1.82, 2.24) is 0 Å². The third-order valence-corrected chi connectivity index (χ3v) is 3.97. The van der Waals surface area contributed by atoms with Gasteiger partial charge in [-0.15, -0.1) is 11.3 Å². The number of carboxylic acid groups (broad SMARTS) is 1. The fourth-order valence-corrected chi connectivity index (χ4v) is 3.11. The van der Waals surface area contributed by atoms with Gasteiger partial charge in [-0.25, -0.2) is 4.79 Å². The van der Waals surface area contributed by atoms with E-state index in [0.717, 1.165) is 25.7 Å². The Kier molecular flexibility index (Phi) is 6.75. The highest BCUT2D eigenvalue weighted by Crippen LogP contribution is 2.26. The number of carboxylic acids is 1. The van der Waals surface area contributed by atoms with E-state index in [9.17, 15) is 4.79 Å². The van der Waals surface area contributed by atoms with E-state index in [4.69, 9.17) is 10.4 Å². The van der Waals surface area contributed by atoms with Crippen LogP contribution >= 0.6 is 11.3 Å². The molecule has 1 heterocycles. The van der Waals surface area contributed by atoms with Gasteiger partial charge in [0.25, 0.3) is 0 Å². The second kappa shape index (κ2) is 8.34. The van der Waals surface area contributed by atoms with Crippen LogP contribution in [-0.4, -0.2) is 11.1 Å². The molecule has 0 radical (unpaired) electrons. The molecule has 1 N–H and O–H groups in total. The minimum absolute atomic E-state index is 0.245. The molecule has 0 saturated heterocycles. The number of rotatable bonds is 7. The van der Waals surface area contributed by atoms with E-state index >= 15 is 0 Å². The van der Waals surface area contributed by atoms with Crippen molar-refractivity contribution in [3.8, 4) is 6.07 Å². The Morgan fingerprint density at radius 3 is 2.65 bits per heavy atom. The number of hydrogen-bond donors (Lipinski definition) is 1. The molecule has 1 aromatic rings. The van der Waals surface area contributed by atoms with Crippen molar-refractivity contribution in [3.05, 3.63) is 39.1 Å². The predicted octanol–water partition coefficient (Wildman–Crippen LogP) is 4.20. The van der Waals surface area contributed by atoms with Gasteiger partial charge in [-0.05, 0) is 35.4 Å². The molecule has 1 rings (SSSR count). The van der Waals surface area contributed by atoms with Gasteiger partial charge in [-0.2, -0.15) is 5.26 Å². The first kappa shape index (κ1) is 16.2. The van der Waals surface area contributed by atoms with Gasteiger partial charge in [-0.3, -0.25) is 0 Å². The summed E-state index contributed by atoms with van der Waals surface area (Å²) in [6, 6.07) is 1.67. The van der Waals surface area contributed by atoms with E-state index in [-0.39, 0.29) is 5.57 Å². The van der Waals surface area contributed by atoms with Crippen LogP contribution in [0.1, 0.15) is 42.7 Å². The lowest BCUT2D eigenvalue weighted by Crippen LogP contribution is -1.96. The quantitative estimate of drug-likeness (QED) is 0.465. The Morgan fingerprint density at radius 2 is 2.10 bits per heavy atom. The molecule has 0 atom stereocenters. The van der Waals surface area contributed by atoms with Gasteiger partial charge < -0.3 is 5.11 Å². The van der Waals surface area contributed by atoms with Crippen molar-refractivity contribution in [1.29, 1.82) is 5.26 Å². The molecule has 3 nitrogen and oxygen atoms in total. The standard InChI is InChI=1S/C16H19NO2S/c1-3-6-13-11-20-15(7-4-2)14(13)9-5-8-12(10-17)16(18)19/h5,8-9,11H,3-4,6-7H2,1-2H3,(H,18,19). The number of aliphatic carboxylic acids is 1. The zero-order valence-corrected chi connectivity index (χ0v) is 12.7. The van der Waals surface area contributed by atoms with Crippen molar-refractivity contribution in [2.75, 3.05) is 0 Å². The molecule has 0 amide bonds. The van der Waals surface area contributed by atoms with Gasteiger partial charge in [-0.1, -0.05) is 38.8 Å². The average Bonchev–Trinajstić information content (AvgIpc) is 2.78. The number of hydrogen-bond acceptors (Lipinski definition) is 3. The summed E-state index contributed by atoms with van der Waals surface area (Å²) in [4.78, 5) is 12.1. The summed E-state index contributed by atoms with van der Waals surface area (Å²) in [7, 11) is 0. The number of allylic oxidation sites excluding steroid dienone is 2. The lowest BCUT2D eigenvalue weighted by Gasteiger charge is -2.01. The smallest absolute Gasteiger partial charge is 0.346 e. The van der Waals surface area contributed by atoms with Crippen LogP contribution in [0.5, 0.6) is 0 Å². The third-order valence-electron chi connectivity index (χ3n) is 2.86. The van der Waals surface area contributed by atoms with Crippen LogP contribution in [0, 0.1) is 11.3 Å². The van der Waals surface area contributed by atoms with Gasteiger partial charge in [0.05, 0.1) is 0 Å². The van der Waals surface area contributed by atoms with Crippen LogP contribution in [0.2, 0.25) is 0 Å². The summed E-state index contributed by atoms with van der Waals surface area (Å²) in [6.45, 7) is 4.29. The molecule has 0 bridgehead atoms. The minimum Gasteiger partial charge on any atom is -0.477 e. The highest BCUT2D eigenvalue weighted by Gasteiger charge is 2.08. The van der Waals surface area contributed by atoms with Gasteiger partial charge in [0.15, 0.2) is 0 Å². The van der Waals surface area contributed by atoms with Crippen molar-refractivity contribution in [3.63, 3.8) is 0 Å². The number of nitriles is 1. The normalized spacial score (nSPS) is 11.8. The van der Waals surface area contributed by atoms with E-state index in [1.165, 1.54) is 22.1 Å². The monoisotopic (exact) mass is 289 g/mol. The first-order chi connectivity index (χ1) is 9.63. The van der Waals surface area contributed by atoms with Crippen molar-refractivity contribution in [2.45, 2.75) is 39.5 Å². The highest BCUT2D eigenvalue weighted by atomic mass is 32.1.